The number of nitrogens with zero attached hydrogens (tertiary/aromatic N) is 1. The topological polar surface area (TPSA) is 85.4 Å². The third kappa shape index (κ3) is 4.66. The highest BCUT2D eigenvalue weighted by atomic mass is 16.5. The van der Waals surface area contributed by atoms with E-state index in [0.29, 0.717) is 27.7 Å². The SMILES string of the molecule is CC(=O)c1ccccc1NC(=O)COC(=O)c1cc(C(C)C)nc2ccccc12. The van der Waals surface area contributed by atoms with Crippen LogP contribution in [0.4, 0.5) is 5.69 Å². The molecule has 1 amide bonds. The van der Waals surface area contributed by atoms with Gasteiger partial charge >= 0.3 is 5.97 Å². The quantitative estimate of drug-likeness (QED) is 0.499. The second-order valence-electron chi connectivity index (χ2n) is 6.99. The van der Waals surface area contributed by atoms with E-state index in [4.69, 9.17) is 4.74 Å². The number of carbonyl (C=O) groups excluding carboxylic acids is 3. The van der Waals surface area contributed by atoms with Crippen LogP contribution in [0.2, 0.25) is 0 Å². The number of pyridine rings is 1. The molecule has 0 spiro atoms. The normalized spacial score (nSPS) is 10.8. The van der Waals surface area contributed by atoms with E-state index in [-0.39, 0.29) is 11.7 Å². The van der Waals surface area contributed by atoms with E-state index >= 15 is 0 Å². The van der Waals surface area contributed by atoms with Crippen molar-refractivity contribution in [1.82, 2.24) is 4.98 Å². The van der Waals surface area contributed by atoms with Gasteiger partial charge in [0, 0.05) is 16.6 Å². The van der Waals surface area contributed by atoms with E-state index in [9.17, 15) is 14.4 Å². The van der Waals surface area contributed by atoms with Crippen LogP contribution in [-0.4, -0.2) is 29.3 Å². The zero-order valence-electron chi connectivity index (χ0n) is 16.6. The molecular formula is C23H22N2O4. The van der Waals surface area contributed by atoms with E-state index in [1.54, 1.807) is 36.4 Å². The number of fused-ring (bicyclic) bond motifs is 1. The summed E-state index contributed by atoms with van der Waals surface area (Å²) < 4.78 is 5.24. The molecule has 3 aromatic rings. The lowest BCUT2D eigenvalue weighted by atomic mass is 10.0. The Kier molecular flexibility index (Phi) is 6.02. The molecule has 0 aliphatic heterocycles. The van der Waals surface area contributed by atoms with Crippen molar-refractivity contribution >= 4 is 34.3 Å². The number of rotatable bonds is 6. The molecule has 29 heavy (non-hydrogen) atoms. The van der Waals surface area contributed by atoms with E-state index < -0.39 is 18.5 Å². The number of nitrogens with one attached hydrogen (secondary N) is 1. The van der Waals surface area contributed by atoms with Gasteiger partial charge in [-0.3, -0.25) is 14.6 Å². The third-order valence-electron chi connectivity index (χ3n) is 4.46. The fourth-order valence-corrected chi connectivity index (χ4v) is 2.95. The molecule has 2 aromatic carbocycles. The average molecular weight is 390 g/mol. The van der Waals surface area contributed by atoms with Gasteiger partial charge in [0.15, 0.2) is 12.4 Å². The summed E-state index contributed by atoms with van der Waals surface area (Å²) in [7, 11) is 0. The Morgan fingerprint density at radius 2 is 1.69 bits per heavy atom. The standard InChI is InChI=1S/C23H22N2O4/c1-14(2)21-12-18(17-9-5-7-11-20(17)24-21)23(28)29-13-22(27)25-19-10-6-4-8-16(19)15(3)26/h4-12,14H,13H2,1-3H3,(H,25,27). The van der Waals surface area contributed by atoms with Crippen LogP contribution < -0.4 is 5.32 Å². The maximum Gasteiger partial charge on any atom is 0.339 e. The zero-order chi connectivity index (χ0) is 21.0. The van der Waals surface area contributed by atoms with Crippen LogP contribution >= 0.6 is 0 Å². The van der Waals surface area contributed by atoms with Crippen molar-refractivity contribution in [3.8, 4) is 0 Å². The minimum atomic E-state index is -0.597. The summed E-state index contributed by atoms with van der Waals surface area (Å²) in [6, 6.07) is 15.7. The van der Waals surface area contributed by atoms with Crippen molar-refractivity contribution < 1.29 is 19.1 Å². The van der Waals surface area contributed by atoms with Gasteiger partial charge in [-0.15, -0.1) is 0 Å². The monoisotopic (exact) mass is 390 g/mol. The molecule has 0 saturated carbocycles. The van der Waals surface area contributed by atoms with Gasteiger partial charge in [-0.25, -0.2) is 4.79 Å². The first-order valence-corrected chi connectivity index (χ1v) is 9.33. The Morgan fingerprint density at radius 3 is 2.41 bits per heavy atom. The van der Waals surface area contributed by atoms with Crippen molar-refractivity contribution in [1.29, 1.82) is 0 Å². The Bertz CT molecular complexity index is 1090. The summed E-state index contributed by atoms with van der Waals surface area (Å²) in [5, 5.41) is 3.29. The molecule has 0 atom stereocenters. The number of esters is 1. The van der Waals surface area contributed by atoms with Crippen LogP contribution in [0.15, 0.2) is 54.6 Å². The molecule has 6 nitrogen and oxygen atoms in total. The molecule has 0 fully saturated rings. The van der Waals surface area contributed by atoms with Crippen LogP contribution in [0.1, 0.15) is 53.1 Å². The van der Waals surface area contributed by atoms with E-state index in [2.05, 4.69) is 10.3 Å². The highest BCUT2D eigenvalue weighted by Gasteiger charge is 2.17. The maximum atomic E-state index is 12.7. The predicted molar refractivity (Wildman–Crippen MR) is 111 cm³/mol. The molecular weight excluding hydrogens is 368 g/mol. The summed E-state index contributed by atoms with van der Waals surface area (Å²) in [5.41, 5.74) is 2.63. The molecule has 3 rings (SSSR count). The minimum absolute atomic E-state index is 0.137. The molecule has 6 heteroatoms. The molecule has 0 bridgehead atoms. The van der Waals surface area contributed by atoms with Crippen molar-refractivity contribution in [3.63, 3.8) is 0 Å². The molecule has 0 radical (unpaired) electrons. The first-order valence-electron chi connectivity index (χ1n) is 9.33. The smallest absolute Gasteiger partial charge is 0.339 e. The Morgan fingerprint density at radius 1 is 1.00 bits per heavy atom. The highest BCUT2D eigenvalue weighted by Crippen LogP contribution is 2.23. The van der Waals surface area contributed by atoms with E-state index in [1.807, 2.05) is 32.0 Å². The molecule has 0 unspecified atom stereocenters. The number of anilines is 1. The number of aromatic nitrogens is 1. The van der Waals surface area contributed by atoms with Crippen molar-refractivity contribution in [3.05, 3.63) is 71.4 Å². The van der Waals surface area contributed by atoms with Gasteiger partial charge in [0.05, 0.1) is 16.8 Å². The number of hydrogen-bond donors (Lipinski definition) is 1. The van der Waals surface area contributed by atoms with Crippen molar-refractivity contribution in [2.24, 2.45) is 0 Å². The lowest BCUT2D eigenvalue weighted by molar-refractivity contribution is -0.119. The number of amides is 1. The average Bonchev–Trinajstić information content (AvgIpc) is 2.71. The lowest BCUT2D eigenvalue weighted by Gasteiger charge is -2.12. The van der Waals surface area contributed by atoms with E-state index in [0.717, 1.165) is 5.69 Å². The van der Waals surface area contributed by atoms with Crippen molar-refractivity contribution in [2.75, 3.05) is 11.9 Å². The Labute approximate surface area is 168 Å². The number of ketones is 1. The lowest BCUT2D eigenvalue weighted by Crippen LogP contribution is -2.22. The summed E-state index contributed by atoms with van der Waals surface area (Å²) in [6.07, 6.45) is 0. The minimum Gasteiger partial charge on any atom is -0.452 e. The summed E-state index contributed by atoms with van der Waals surface area (Å²) >= 11 is 0. The van der Waals surface area contributed by atoms with Crippen molar-refractivity contribution in [2.45, 2.75) is 26.7 Å². The number of carbonyl (C=O) groups is 3. The van der Waals surface area contributed by atoms with E-state index in [1.165, 1.54) is 6.92 Å². The van der Waals surface area contributed by atoms with Gasteiger partial charge in [-0.05, 0) is 37.1 Å². The van der Waals surface area contributed by atoms with Gasteiger partial charge in [0.25, 0.3) is 5.91 Å². The molecule has 148 valence electrons. The van der Waals surface area contributed by atoms with Crippen LogP contribution in [-0.2, 0) is 9.53 Å². The number of benzene rings is 2. The molecule has 1 N–H and O–H groups in total. The molecule has 0 aliphatic carbocycles. The number of ether oxygens (including phenoxy) is 1. The number of hydrogen-bond acceptors (Lipinski definition) is 5. The second-order valence-corrected chi connectivity index (χ2v) is 6.99. The van der Waals surface area contributed by atoms with Gasteiger partial charge in [0.1, 0.15) is 0 Å². The summed E-state index contributed by atoms with van der Waals surface area (Å²) in [4.78, 5) is 41.2. The highest BCUT2D eigenvalue weighted by molar-refractivity contribution is 6.06. The molecule has 1 aromatic heterocycles. The Balaban J connectivity index is 1.76. The molecule has 1 heterocycles. The van der Waals surface area contributed by atoms with Gasteiger partial charge in [-0.2, -0.15) is 0 Å². The van der Waals surface area contributed by atoms with Crippen LogP contribution in [0.25, 0.3) is 10.9 Å². The number of para-hydroxylation sites is 2. The molecule has 0 saturated heterocycles. The number of Topliss-reactive ketones (excluding diaryl/α,β-unsaturated/α-hetero) is 1. The maximum absolute atomic E-state index is 12.7. The largest absolute Gasteiger partial charge is 0.452 e. The zero-order valence-corrected chi connectivity index (χ0v) is 16.6. The van der Waals surface area contributed by atoms with Crippen LogP contribution in [0.3, 0.4) is 0 Å². The predicted octanol–water partition coefficient (Wildman–Crippen LogP) is 4.36. The first-order chi connectivity index (χ1) is 13.9. The van der Waals surface area contributed by atoms with Crippen LogP contribution in [0.5, 0.6) is 0 Å². The van der Waals surface area contributed by atoms with Gasteiger partial charge < -0.3 is 10.1 Å². The molecule has 0 aliphatic rings. The Hall–Kier alpha value is -3.54. The fourth-order valence-electron chi connectivity index (χ4n) is 2.95. The second kappa shape index (κ2) is 8.65. The van der Waals surface area contributed by atoms with Gasteiger partial charge in [0.2, 0.25) is 0 Å². The first kappa shape index (κ1) is 20.2. The van der Waals surface area contributed by atoms with Gasteiger partial charge in [-0.1, -0.05) is 44.2 Å². The van der Waals surface area contributed by atoms with Crippen LogP contribution in [0, 0.1) is 0 Å². The summed E-state index contributed by atoms with van der Waals surface area (Å²) in [5.74, 6) is -1.14. The fraction of sp³-hybridized carbons (Fsp3) is 0.217. The summed E-state index contributed by atoms with van der Waals surface area (Å²) in [6.45, 7) is 4.95. The third-order valence-corrected chi connectivity index (χ3v) is 4.46.